The molecular formula is C20H24NO2+. The Balaban J connectivity index is 1.97. The second-order valence-corrected chi connectivity index (χ2v) is 6.50. The minimum absolute atomic E-state index is 0.128. The number of ether oxygens (including phenoxy) is 2. The van der Waals surface area contributed by atoms with Crippen molar-refractivity contribution in [3.63, 3.8) is 0 Å². The van der Waals surface area contributed by atoms with Gasteiger partial charge in [0.2, 0.25) is 0 Å². The third kappa shape index (κ3) is 2.07. The fourth-order valence-electron chi connectivity index (χ4n) is 4.43. The molecule has 2 unspecified atom stereocenters. The van der Waals surface area contributed by atoms with E-state index in [-0.39, 0.29) is 12.0 Å². The Morgan fingerprint density at radius 2 is 1.87 bits per heavy atom. The van der Waals surface area contributed by atoms with Gasteiger partial charge in [0, 0.05) is 30.9 Å². The topological polar surface area (TPSA) is 22.3 Å². The van der Waals surface area contributed by atoms with E-state index in [9.17, 15) is 0 Å². The molecule has 0 N–H and O–H groups in total. The van der Waals surface area contributed by atoms with E-state index in [2.05, 4.69) is 67.9 Å². The lowest BCUT2D eigenvalue weighted by Gasteiger charge is -2.48. The predicted molar refractivity (Wildman–Crippen MR) is 88.4 cm³/mol. The number of hydrogen-bond donors (Lipinski definition) is 0. The van der Waals surface area contributed by atoms with Crippen molar-refractivity contribution in [1.29, 1.82) is 0 Å². The minimum Gasteiger partial charge on any atom is -0.349 e. The maximum atomic E-state index is 6.26. The van der Waals surface area contributed by atoms with Crippen LogP contribution in [0.4, 0.5) is 0 Å². The number of pyridine rings is 1. The molecule has 0 spiro atoms. The Morgan fingerprint density at radius 1 is 1.09 bits per heavy atom. The Kier molecular flexibility index (Phi) is 3.51. The number of rotatable bonds is 4. The third-order valence-electron chi connectivity index (χ3n) is 5.16. The van der Waals surface area contributed by atoms with Gasteiger partial charge in [0.15, 0.2) is 23.7 Å². The van der Waals surface area contributed by atoms with Gasteiger partial charge in [-0.1, -0.05) is 29.8 Å². The van der Waals surface area contributed by atoms with Crippen molar-refractivity contribution >= 4 is 0 Å². The SMILES string of the molecule is CCOC1(OCC)CC2c3ccc(C)cc3C1c1cccc[n+]12. The van der Waals surface area contributed by atoms with Gasteiger partial charge in [0.25, 0.3) is 0 Å². The molecule has 0 fully saturated rings. The fraction of sp³-hybridized carbons (Fsp3) is 0.450. The van der Waals surface area contributed by atoms with Gasteiger partial charge in [-0.2, -0.15) is 4.57 Å². The maximum Gasteiger partial charge on any atom is 0.194 e. The van der Waals surface area contributed by atoms with Gasteiger partial charge in [0.05, 0.1) is 6.42 Å². The molecular weight excluding hydrogens is 286 g/mol. The minimum atomic E-state index is -0.545. The summed E-state index contributed by atoms with van der Waals surface area (Å²) in [5.74, 6) is -0.417. The molecule has 2 aromatic rings. The first-order valence-corrected chi connectivity index (χ1v) is 8.58. The van der Waals surface area contributed by atoms with Crippen LogP contribution < -0.4 is 4.57 Å². The van der Waals surface area contributed by atoms with E-state index < -0.39 is 5.79 Å². The molecule has 5 rings (SSSR count). The second kappa shape index (κ2) is 5.43. The monoisotopic (exact) mass is 310 g/mol. The van der Waals surface area contributed by atoms with Crippen LogP contribution >= 0.6 is 0 Å². The van der Waals surface area contributed by atoms with E-state index in [1.54, 1.807) is 0 Å². The zero-order chi connectivity index (χ0) is 16.0. The van der Waals surface area contributed by atoms with Crippen molar-refractivity contribution in [1.82, 2.24) is 0 Å². The molecule has 3 heteroatoms. The van der Waals surface area contributed by atoms with Gasteiger partial charge in [-0.3, -0.25) is 0 Å². The van der Waals surface area contributed by atoms with E-state index in [1.165, 1.54) is 22.4 Å². The van der Waals surface area contributed by atoms with E-state index in [1.807, 2.05) is 0 Å². The van der Waals surface area contributed by atoms with Crippen molar-refractivity contribution < 1.29 is 14.0 Å². The van der Waals surface area contributed by atoms with Crippen molar-refractivity contribution in [2.45, 2.75) is 44.9 Å². The van der Waals surface area contributed by atoms with Crippen LogP contribution in [0.2, 0.25) is 0 Å². The van der Waals surface area contributed by atoms with E-state index in [0.717, 1.165) is 6.42 Å². The quantitative estimate of drug-likeness (QED) is 0.637. The lowest BCUT2D eigenvalue weighted by molar-refractivity contribution is -0.738. The molecule has 0 amide bonds. The summed E-state index contributed by atoms with van der Waals surface area (Å²) in [6.07, 6.45) is 3.06. The van der Waals surface area contributed by atoms with Crippen molar-refractivity contribution in [3.05, 3.63) is 65.0 Å². The van der Waals surface area contributed by atoms with Crippen LogP contribution in [0.15, 0.2) is 42.6 Å². The summed E-state index contributed by atoms with van der Waals surface area (Å²) < 4.78 is 14.9. The smallest absolute Gasteiger partial charge is 0.194 e. The molecule has 1 aromatic heterocycles. The average Bonchev–Trinajstić information content (AvgIpc) is 2.55. The van der Waals surface area contributed by atoms with Gasteiger partial charge < -0.3 is 9.47 Å². The molecule has 3 heterocycles. The Bertz CT molecular complexity index is 734. The van der Waals surface area contributed by atoms with Crippen molar-refractivity contribution in [2.75, 3.05) is 13.2 Å². The molecule has 1 aliphatic carbocycles. The number of aromatic nitrogens is 1. The first kappa shape index (κ1) is 14.9. The summed E-state index contributed by atoms with van der Waals surface area (Å²) in [5, 5.41) is 0. The van der Waals surface area contributed by atoms with Gasteiger partial charge in [-0.25, -0.2) is 0 Å². The number of nitrogens with zero attached hydrogens (tertiary/aromatic N) is 1. The van der Waals surface area contributed by atoms with Crippen molar-refractivity contribution in [2.24, 2.45) is 0 Å². The standard InChI is InChI=1S/C20H24NO2/c1-4-22-20(23-5-2)13-18-15-10-9-14(3)12-16(15)19(20)17-8-6-7-11-21(17)18/h6-12,18-19H,4-5,13H2,1-3H3/q+1. The highest BCUT2D eigenvalue weighted by atomic mass is 16.7. The zero-order valence-electron chi connectivity index (χ0n) is 14.1. The molecule has 3 nitrogen and oxygen atoms in total. The number of aryl methyl sites for hydroxylation is 1. The van der Waals surface area contributed by atoms with E-state index >= 15 is 0 Å². The molecule has 2 atom stereocenters. The molecule has 2 aliphatic heterocycles. The van der Waals surface area contributed by atoms with Crippen LogP contribution in [0.25, 0.3) is 0 Å². The van der Waals surface area contributed by atoms with Crippen LogP contribution in [0.3, 0.4) is 0 Å². The lowest BCUT2D eigenvalue weighted by Crippen LogP contribution is -2.62. The maximum absolute atomic E-state index is 6.26. The molecule has 0 radical (unpaired) electrons. The number of hydrogen-bond acceptors (Lipinski definition) is 2. The lowest BCUT2D eigenvalue weighted by atomic mass is 9.69. The zero-order valence-corrected chi connectivity index (χ0v) is 14.1. The first-order chi connectivity index (χ1) is 11.2. The highest BCUT2D eigenvalue weighted by Crippen LogP contribution is 2.52. The normalized spacial score (nSPS) is 23.4. The van der Waals surface area contributed by atoms with E-state index in [4.69, 9.17) is 9.47 Å². The summed E-state index contributed by atoms with van der Waals surface area (Å²) >= 11 is 0. The summed E-state index contributed by atoms with van der Waals surface area (Å²) in [5.41, 5.74) is 5.37. The molecule has 2 bridgehead atoms. The van der Waals surface area contributed by atoms with Crippen LogP contribution in [0.5, 0.6) is 0 Å². The average molecular weight is 310 g/mol. The van der Waals surface area contributed by atoms with Gasteiger partial charge in [-0.15, -0.1) is 0 Å². The van der Waals surface area contributed by atoms with Crippen molar-refractivity contribution in [3.8, 4) is 0 Å². The Hall–Kier alpha value is -1.71. The molecule has 0 saturated heterocycles. The van der Waals surface area contributed by atoms with Gasteiger partial charge in [-0.05, 0) is 26.3 Å². The molecule has 0 saturated carbocycles. The van der Waals surface area contributed by atoms with E-state index in [0.29, 0.717) is 13.2 Å². The molecule has 3 aliphatic rings. The Labute approximate surface area is 137 Å². The highest BCUT2D eigenvalue weighted by Gasteiger charge is 2.59. The fourth-order valence-corrected chi connectivity index (χ4v) is 4.43. The van der Waals surface area contributed by atoms with Crippen LogP contribution in [-0.4, -0.2) is 19.0 Å². The highest BCUT2D eigenvalue weighted by molar-refractivity contribution is 5.45. The molecule has 23 heavy (non-hydrogen) atoms. The second-order valence-electron chi connectivity index (χ2n) is 6.50. The predicted octanol–water partition coefficient (Wildman–Crippen LogP) is 3.49. The summed E-state index contributed by atoms with van der Waals surface area (Å²) in [6, 6.07) is 13.5. The summed E-state index contributed by atoms with van der Waals surface area (Å²) in [6.45, 7) is 7.59. The van der Waals surface area contributed by atoms with Crippen LogP contribution in [-0.2, 0) is 9.47 Å². The van der Waals surface area contributed by atoms with Gasteiger partial charge >= 0.3 is 0 Å². The summed E-state index contributed by atoms with van der Waals surface area (Å²) in [7, 11) is 0. The largest absolute Gasteiger partial charge is 0.349 e. The van der Waals surface area contributed by atoms with Crippen LogP contribution in [0, 0.1) is 6.92 Å². The summed E-state index contributed by atoms with van der Waals surface area (Å²) in [4.78, 5) is 0. The molecule has 120 valence electrons. The van der Waals surface area contributed by atoms with Crippen LogP contribution in [0.1, 0.15) is 54.6 Å². The third-order valence-corrected chi connectivity index (χ3v) is 5.16. The number of benzene rings is 1. The number of fused-ring (bicyclic) bond motifs is 1. The molecule has 1 aromatic carbocycles. The van der Waals surface area contributed by atoms with Gasteiger partial charge in [0.1, 0.15) is 5.92 Å². The Morgan fingerprint density at radius 3 is 2.61 bits per heavy atom. The first-order valence-electron chi connectivity index (χ1n) is 8.58.